The SMILES string of the molecule is C1=Cc2cc3cc4c(cc3cc2C1)Cc1cc2c(cc1-4)Cc1cc3cc4c(cc3cc1-2)C=CC4. The van der Waals surface area contributed by atoms with Gasteiger partial charge in [-0.1, -0.05) is 48.6 Å². The van der Waals surface area contributed by atoms with Crippen molar-refractivity contribution in [2.24, 2.45) is 0 Å². The van der Waals surface area contributed by atoms with Crippen LogP contribution in [0.1, 0.15) is 44.5 Å². The fraction of sp³-hybridized carbons (Fsp3) is 0.118. The molecule has 0 heteroatoms. The lowest BCUT2D eigenvalue weighted by atomic mass is 9.95. The van der Waals surface area contributed by atoms with Crippen LogP contribution in [-0.2, 0) is 25.7 Å². The van der Waals surface area contributed by atoms with Crippen LogP contribution in [0.5, 0.6) is 0 Å². The van der Waals surface area contributed by atoms with E-state index >= 15 is 0 Å². The van der Waals surface area contributed by atoms with E-state index in [4.69, 9.17) is 0 Å². The summed E-state index contributed by atoms with van der Waals surface area (Å²) in [5.74, 6) is 0. The summed E-state index contributed by atoms with van der Waals surface area (Å²) >= 11 is 0. The number of allylic oxidation sites excluding steroid dienone is 2. The van der Waals surface area contributed by atoms with Crippen molar-refractivity contribution >= 4 is 33.7 Å². The van der Waals surface area contributed by atoms with Crippen LogP contribution in [0.4, 0.5) is 0 Å². The second kappa shape index (κ2) is 5.96. The van der Waals surface area contributed by atoms with Gasteiger partial charge in [-0.3, -0.25) is 0 Å². The van der Waals surface area contributed by atoms with Crippen LogP contribution in [-0.4, -0.2) is 0 Å². The third kappa shape index (κ3) is 2.23. The highest BCUT2D eigenvalue weighted by Crippen LogP contribution is 2.47. The lowest BCUT2D eigenvalue weighted by Gasteiger charge is -2.09. The van der Waals surface area contributed by atoms with Crippen molar-refractivity contribution < 1.29 is 0 Å². The van der Waals surface area contributed by atoms with E-state index in [1.165, 1.54) is 88.3 Å². The Morgan fingerprint density at radius 2 is 0.735 bits per heavy atom. The summed E-state index contributed by atoms with van der Waals surface area (Å²) in [7, 11) is 0. The molecule has 5 aromatic rings. The Hall–Kier alpha value is -3.90. The second-order valence-corrected chi connectivity index (χ2v) is 10.5. The molecule has 0 aliphatic heterocycles. The summed E-state index contributed by atoms with van der Waals surface area (Å²) in [5, 5.41) is 5.52. The molecule has 9 rings (SSSR count). The summed E-state index contributed by atoms with van der Waals surface area (Å²) in [6, 6.07) is 24.4. The first kappa shape index (κ1) is 17.6. The van der Waals surface area contributed by atoms with Crippen LogP contribution in [0.2, 0.25) is 0 Å². The Balaban J connectivity index is 1.20. The molecule has 0 bridgehead atoms. The van der Waals surface area contributed by atoms with Gasteiger partial charge in [0, 0.05) is 0 Å². The molecule has 0 atom stereocenters. The van der Waals surface area contributed by atoms with Gasteiger partial charge in [-0.15, -0.1) is 0 Å². The van der Waals surface area contributed by atoms with Crippen LogP contribution >= 0.6 is 0 Å². The predicted octanol–water partition coefficient (Wildman–Crippen LogP) is 8.27. The van der Waals surface area contributed by atoms with E-state index in [0.29, 0.717) is 0 Å². The molecule has 0 spiro atoms. The van der Waals surface area contributed by atoms with Crippen molar-refractivity contribution in [3.8, 4) is 22.3 Å². The molecule has 4 aliphatic carbocycles. The Labute approximate surface area is 198 Å². The minimum absolute atomic E-state index is 1.05. The molecule has 5 aromatic carbocycles. The lowest BCUT2D eigenvalue weighted by molar-refractivity contribution is 1.24. The van der Waals surface area contributed by atoms with Crippen LogP contribution in [0.15, 0.2) is 72.8 Å². The van der Waals surface area contributed by atoms with E-state index in [1.807, 2.05) is 0 Å². The zero-order valence-electron chi connectivity index (χ0n) is 18.9. The summed E-state index contributed by atoms with van der Waals surface area (Å²) < 4.78 is 0. The standard InChI is InChI=1S/C34H22/c1-3-19-7-23-11-27-13-29-18-34-30(17-33(29)31(27)15-25(23)9-21(19)5-1)14-28-12-24-8-20-4-2-6-22(20)10-26(24)16-32(28)34/h1-2,5-12,15-18H,3-4,13-14H2. The van der Waals surface area contributed by atoms with E-state index in [0.717, 1.165) is 25.7 Å². The minimum atomic E-state index is 1.05. The highest BCUT2D eigenvalue weighted by Gasteiger charge is 2.26. The quantitative estimate of drug-likeness (QED) is 0.227. The smallest absolute Gasteiger partial charge is 0.00130 e. The molecular weight excluding hydrogens is 408 g/mol. The third-order valence-electron chi connectivity index (χ3n) is 8.58. The first-order chi connectivity index (χ1) is 16.8. The summed E-state index contributed by atoms with van der Waals surface area (Å²) in [6.07, 6.45) is 13.3. The maximum absolute atomic E-state index is 2.50. The molecule has 0 radical (unpaired) electrons. The molecule has 0 fully saturated rings. The van der Waals surface area contributed by atoms with Gasteiger partial charge in [-0.05, 0) is 150 Å². The molecule has 4 aliphatic rings. The van der Waals surface area contributed by atoms with Gasteiger partial charge in [0.15, 0.2) is 0 Å². The van der Waals surface area contributed by atoms with Crippen molar-refractivity contribution in [3.05, 3.63) is 117 Å². The topological polar surface area (TPSA) is 0 Å². The van der Waals surface area contributed by atoms with E-state index in [9.17, 15) is 0 Å². The predicted molar refractivity (Wildman–Crippen MR) is 143 cm³/mol. The molecule has 0 saturated heterocycles. The van der Waals surface area contributed by atoms with E-state index in [2.05, 4.69) is 85.0 Å². The number of hydrogen-bond acceptors (Lipinski definition) is 0. The van der Waals surface area contributed by atoms with Crippen molar-refractivity contribution in [1.82, 2.24) is 0 Å². The first-order valence-electron chi connectivity index (χ1n) is 12.5. The summed E-state index contributed by atoms with van der Waals surface area (Å²) in [4.78, 5) is 0. The molecule has 0 nitrogen and oxygen atoms in total. The molecule has 0 heterocycles. The average molecular weight is 431 g/mol. The van der Waals surface area contributed by atoms with Gasteiger partial charge in [0.05, 0.1) is 0 Å². The molecule has 0 N–H and O–H groups in total. The van der Waals surface area contributed by atoms with Gasteiger partial charge < -0.3 is 0 Å². The van der Waals surface area contributed by atoms with Gasteiger partial charge in [-0.25, -0.2) is 0 Å². The van der Waals surface area contributed by atoms with Crippen molar-refractivity contribution in [1.29, 1.82) is 0 Å². The van der Waals surface area contributed by atoms with Crippen molar-refractivity contribution in [3.63, 3.8) is 0 Å². The van der Waals surface area contributed by atoms with Gasteiger partial charge in [-0.2, -0.15) is 0 Å². The highest BCUT2D eigenvalue weighted by molar-refractivity contribution is 5.97. The number of hydrogen-bond donors (Lipinski definition) is 0. The van der Waals surface area contributed by atoms with Gasteiger partial charge in [0.2, 0.25) is 0 Å². The van der Waals surface area contributed by atoms with E-state index in [1.54, 1.807) is 0 Å². The Morgan fingerprint density at radius 3 is 1.24 bits per heavy atom. The Morgan fingerprint density at radius 1 is 0.353 bits per heavy atom. The van der Waals surface area contributed by atoms with Crippen molar-refractivity contribution in [2.45, 2.75) is 25.7 Å². The van der Waals surface area contributed by atoms with Crippen LogP contribution in [0.25, 0.3) is 56.0 Å². The highest BCUT2D eigenvalue weighted by atomic mass is 14.3. The van der Waals surface area contributed by atoms with Gasteiger partial charge in [0.1, 0.15) is 0 Å². The van der Waals surface area contributed by atoms with E-state index < -0.39 is 0 Å². The Bertz CT molecular complexity index is 1700. The lowest BCUT2D eigenvalue weighted by Crippen LogP contribution is -1.87. The molecule has 0 amide bonds. The van der Waals surface area contributed by atoms with Crippen LogP contribution in [0, 0.1) is 0 Å². The molecular formula is C34H22. The fourth-order valence-corrected chi connectivity index (χ4v) is 6.90. The summed E-state index contributed by atoms with van der Waals surface area (Å²) in [5.41, 5.74) is 17.4. The number of fused-ring (bicyclic) bond motifs is 10. The monoisotopic (exact) mass is 430 g/mol. The second-order valence-electron chi connectivity index (χ2n) is 10.5. The number of benzene rings is 5. The molecule has 0 unspecified atom stereocenters. The largest absolute Gasteiger partial charge is 0.0795 e. The summed E-state index contributed by atoms with van der Waals surface area (Å²) in [6.45, 7) is 0. The number of rotatable bonds is 0. The Kier molecular flexibility index (Phi) is 3.08. The fourth-order valence-electron chi connectivity index (χ4n) is 6.90. The first-order valence-corrected chi connectivity index (χ1v) is 12.5. The van der Waals surface area contributed by atoms with Crippen LogP contribution in [0.3, 0.4) is 0 Å². The normalized spacial score (nSPS) is 15.5. The average Bonchev–Trinajstić information content (AvgIpc) is 3.61. The molecule has 158 valence electrons. The minimum Gasteiger partial charge on any atom is -0.0795 e. The molecule has 0 saturated carbocycles. The van der Waals surface area contributed by atoms with Crippen LogP contribution < -0.4 is 0 Å². The van der Waals surface area contributed by atoms with Gasteiger partial charge >= 0.3 is 0 Å². The van der Waals surface area contributed by atoms with Gasteiger partial charge in [0.25, 0.3) is 0 Å². The maximum Gasteiger partial charge on any atom is -0.00130 e. The molecule has 34 heavy (non-hydrogen) atoms. The molecule has 0 aromatic heterocycles. The third-order valence-corrected chi connectivity index (χ3v) is 8.58. The zero-order valence-corrected chi connectivity index (χ0v) is 18.9. The zero-order chi connectivity index (χ0) is 22.0. The van der Waals surface area contributed by atoms with Crippen molar-refractivity contribution in [2.75, 3.05) is 0 Å². The maximum atomic E-state index is 2.50. The van der Waals surface area contributed by atoms with E-state index in [-0.39, 0.29) is 0 Å².